The van der Waals surface area contributed by atoms with Crippen molar-refractivity contribution in [3.63, 3.8) is 0 Å². The highest BCUT2D eigenvalue weighted by Crippen LogP contribution is 2.31. The normalized spacial score (nSPS) is 31.6. The molecule has 3 atom stereocenters. The summed E-state index contributed by atoms with van der Waals surface area (Å²) in [6.45, 7) is 15.7. The average Bonchev–Trinajstić information content (AvgIpc) is 2.89. The second-order valence-electron chi connectivity index (χ2n) is 8.38. The van der Waals surface area contributed by atoms with Crippen LogP contribution in [0.4, 0.5) is 0 Å². The van der Waals surface area contributed by atoms with Crippen molar-refractivity contribution >= 4 is 0 Å². The van der Waals surface area contributed by atoms with Crippen molar-refractivity contribution in [2.75, 3.05) is 19.6 Å². The van der Waals surface area contributed by atoms with Gasteiger partial charge in [-0.05, 0) is 30.1 Å². The molecule has 0 bridgehead atoms. The third-order valence-electron chi connectivity index (χ3n) is 5.77. The Hall–Kier alpha value is -0.0800. The lowest BCUT2D eigenvalue weighted by Gasteiger charge is -2.47. The third kappa shape index (κ3) is 3.98. The number of rotatable bonds is 4. The van der Waals surface area contributed by atoms with E-state index in [1.165, 1.54) is 51.7 Å². The van der Waals surface area contributed by atoms with Crippen LogP contribution in [0.3, 0.4) is 0 Å². The van der Waals surface area contributed by atoms with Crippen molar-refractivity contribution in [2.24, 2.45) is 17.3 Å². The first-order valence-electron chi connectivity index (χ1n) is 8.89. The largest absolute Gasteiger partial charge is 0.311 e. The van der Waals surface area contributed by atoms with Gasteiger partial charge in [0.1, 0.15) is 0 Å². The van der Waals surface area contributed by atoms with Gasteiger partial charge in [-0.2, -0.15) is 0 Å². The lowest BCUT2D eigenvalue weighted by molar-refractivity contribution is 0.0466. The molecule has 2 nitrogen and oxygen atoms in total. The van der Waals surface area contributed by atoms with Gasteiger partial charge in [0.25, 0.3) is 0 Å². The van der Waals surface area contributed by atoms with E-state index in [0.717, 1.165) is 17.9 Å². The summed E-state index contributed by atoms with van der Waals surface area (Å²) in [5.41, 5.74) is 0.369. The topological polar surface area (TPSA) is 15.3 Å². The fourth-order valence-electron chi connectivity index (χ4n) is 3.97. The summed E-state index contributed by atoms with van der Waals surface area (Å²) in [6.07, 6.45) is 7.17. The molecular weight excluding hydrogens is 244 g/mol. The Morgan fingerprint density at radius 2 is 1.85 bits per heavy atom. The van der Waals surface area contributed by atoms with Crippen molar-refractivity contribution in [3.05, 3.63) is 0 Å². The monoisotopic (exact) mass is 280 g/mol. The number of nitrogens with one attached hydrogen (secondary N) is 1. The highest BCUT2D eigenvalue weighted by Gasteiger charge is 2.36. The minimum absolute atomic E-state index is 0.369. The molecule has 0 radical (unpaired) electrons. The highest BCUT2D eigenvalue weighted by atomic mass is 15.2. The van der Waals surface area contributed by atoms with Crippen LogP contribution in [-0.2, 0) is 0 Å². The van der Waals surface area contributed by atoms with Gasteiger partial charge in [0.15, 0.2) is 0 Å². The van der Waals surface area contributed by atoms with Gasteiger partial charge in [-0.25, -0.2) is 0 Å². The smallest absolute Gasteiger partial charge is 0.0247 e. The summed E-state index contributed by atoms with van der Waals surface area (Å²) in [6, 6.07) is 1.39. The van der Waals surface area contributed by atoms with Gasteiger partial charge in [-0.15, -0.1) is 0 Å². The molecule has 1 N–H and O–H groups in total. The summed E-state index contributed by atoms with van der Waals surface area (Å²) in [5.74, 6) is 1.78. The molecule has 2 rings (SSSR count). The van der Waals surface area contributed by atoms with E-state index in [2.05, 4.69) is 44.8 Å². The summed E-state index contributed by atoms with van der Waals surface area (Å²) >= 11 is 0. The van der Waals surface area contributed by atoms with E-state index in [1.54, 1.807) is 0 Å². The molecule has 0 aromatic rings. The van der Waals surface area contributed by atoms with Gasteiger partial charge < -0.3 is 5.32 Å². The standard InChI is InChI=1S/C18H36N2/c1-6-14(2)16-11-19-17(18(3,4)5)13-20(16)12-15-9-7-8-10-15/h14-17,19H,6-13H2,1-5H3. The molecule has 118 valence electrons. The number of hydrogen-bond acceptors (Lipinski definition) is 2. The first-order chi connectivity index (χ1) is 9.41. The summed E-state index contributed by atoms with van der Waals surface area (Å²) in [4.78, 5) is 2.84. The Balaban J connectivity index is 2.01. The Labute approximate surface area is 126 Å². The Kier molecular flexibility index (Phi) is 5.53. The quantitative estimate of drug-likeness (QED) is 0.840. The van der Waals surface area contributed by atoms with Crippen LogP contribution in [0.2, 0.25) is 0 Å². The maximum atomic E-state index is 3.84. The average molecular weight is 280 g/mol. The van der Waals surface area contributed by atoms with Crippen LogP contribution in [0.15, 0.2) is 0 Å². The molecule has 0 amide bonds. The molecule has 2 fully saturated rings. The van der Waals surface area contributed by atoms with Crippen LogP contribution >= 0.6 is 0 Å². The van der Waals surface area contributed by atoms with E-state index >= 15 is 0 Å². The lowest BCUT2D eigenvalue weighted by Crippen LogP contribution is -2.62. The van der Waals surface area contributed by atoms with Gasteiger partial charge in [0.2, 0.25) is 0 Å². The molecule has 1 aliphatic heterocycles. The molecular formula is C18H36N2. The van der Waals surface area contributed by atoms with Gasteiger partial charge in [-0.3, -0.25) is 4.90 Å². The zero-order chi connectivity index (χ0) is 14.8. The van der Waals surface area contributed by atoms with E-state index in [4.69, 9.17) is 0 Å². The van der Waals surface area contributed by atoms with Crippen LogP contribution in [0, 0.1) is 17.3 Å². The molecule has 2 aliphatic rings. The summed E-state index contributed by atoms with van der Waals surface area (Å²) in [5, 5.41) is 3.84. The zero-order valence-corrected chi connectivity index (χ0v) is 14.4. The minimum Gasteiger partial charge on any atom is -0.311 e. The van der Waals surface area contributed by atoms with Gasteiger partial charge in [0, 0.05) is 31.7 Å². The Morgan fingerprint density at radius 1 is 1.20 bits per heavy atom. The molecule has 2 heteroatoms. The third-order valence-corrected chi connectivity index (χ3v) is 5.77. The predicted octanol–water partition coefficient (Wildman–Crippen LogP) is 3.91. The van der Waals surface area contributed by atoms with Crippen molar-refractivity contribution in [3.8, 4) is 0 Å². The maximum Gasteiger partial charge on any atom is 0.0247 e. The first-order valence-corrected chi connectivity index (χ1v) is 8.89. The van der Waals surface area contributed by atoms with Crippen molar-refractivity contribution in [2.45, 2.75) is 78.8 Å². The van der Waals surface area contributed by atoms with Gasteiger partial charge >= 0.3 is 0 Å². The van der Waals surface area contributed by atoms with Crippen LogP contribution in [0.5, 0.6) is 0 Å². The van der Waals surface area contributed by atoms with E-state index in [0.29, 0.717) is 11.5 Å². The summed E-state index contributed by atoms with van der Waals surface area (Å²) in [7, 11) is 0. The molecule has 1 heterocycles. The van der Waals surface area contributed by atoms with Crippen molar-refractivity contribution < 1.29 is 0 Å². The SMILES string of the molecule is CCC(C)C1CNC(C(C)(C)C)CN1CC1CCCC1. The predicted molar refractivity (Wildman–Crippen MR) is 88.0 cm³/mol. The van der Waals surface area contributed by atoms with Crippen LogP contribution in [0.25, 0.3) is 0 Å². The summed E-state index contributed by atoms with van der Waals surface area (Å²) < 4.78 is 0. The molecule has 0 aromatic heterocycles. The molecule has 1 saturated carbocycles. The van der Waals surface area contributed by atoms with Crippen LogP contribution < -0.4 is 5.32 Å². The van der Waals surface area contributed by atoms with E-state index in [-0.39, 0.29) is 0 Å². The first kappa shape index (κ1) is 16.3. The maximum absolute atomic E-state index is 3.84. The molecule has 1 saturated heterocycles. The number of nitrogens with zero attached hydrogens (tertiary/aromatic N) is 1. The van der Waals surface area contributed by atoms with Crippen molar-refractivity contribution in [1.29, 1.82) is 0 Å². The number of hydrogen-bond donors (Lipinski definition) is 1. The van der Waals surface area contributed by atoms with E-state index in [9.17, 15) is 0 Å². The fourth-order valence-corrected chi connectivity index (χ4v) is 3.97. The molecule has 20 heavy (non-hydrogen) atoms. The second kappa shape index (κ2) is 6.79. The Morgan fingerprint density at radius 3 is 2.40 bits per heavy atom. The fraction of sp³-hybridized carbons (Fsp3) is 1.00. The molecule has 1 aliphatic carbocycles. The van der Waals surface area contributed by atoms with Gasteiger partial charge in [0.05, 0.1) is 0 Å². The molecule has 0 aromatic carbocycles. The minimum atomic E-state index is 0.369. The van der Waals surface area contributed by atoms with Crippen LogP contribution in [0.1, 0.15) is 66.7 Å². The molecule has 0 spiro atoms. The van der Waals surface area contributed by atoms with Crippen LogP contribution in [-0.4, -0.2) is 36.6 Å². The second-order valence-corrected chi connectivity index (χ2v) is 8.38. The van der Waals surface area contributed by atoms with Gasteiger partial charge in [-0.1, -0.05) is 53.9 Å². The molecule has 3 unspecified atom stereocenters. The van der Waals surface area contributed by atoms with Crippen molar-refractivity contribution in [1.82, 2.24) is 10.2 Å². The lowest BCUT2D eigenvalue weighted by atomic mass is 9.83. The van der Waals surface area contributed by atoms with E-state index < -0.39 is 0 Å². The number of piperazine rings is 1. The highest BCUT2D eigenvalue weighted by molar-refractivity contribution is 4.94. The Bertz CT molecular complexity index is 288. The van der Waals surface area contributed by atoms with E-state index in [1.807, 2.05) is 0 Å². The zero-order valence-electron chi connectivity index (χ0n) is 14.4.